The maximum atomic E-state index is 12.7. The predicted octanol–water partition coefficient (Wildman–Crippen LogP) is 3.51. The van der Waals surface area contributed by atoms with Gasteiger partial charge in [-0.25, -0.2) is 13.4 Å². The molecule has 0 bridgehead atoms. The lowest BCUT2D eigenvalue weighted by Gasteiger charge is -2.35. The number of hydrogen-bond acceptors (Lipinski definition) is 6. The van der Waals surface area contributed by atoms with Crippen molar-refractivity contribution in [2.24, 2.45) is 0 Å². The van der Waals surface area contributed by atoms with E-state index in [1.165, 1.54) is 31.0 Å². The SMILES string of the molecule is COc1ccc(C(CNc2ccc(S(=O)(=O)N3CCCC3)cn2)N2CCCCC2)cc1. The maximum absolute atomic E-state index is 12.7. The molecule has 0 spiro atoms. The number of benzene rings is 1. The van der Waals surface area contributed by atoms with E-state index in [9.17, 15) is 8.42 Å². The van der Waals surface area contributed by atoms with Crippen molar-refractivity contribution >= 4 is 15.8 Å². The van der Waals surface area contributed by atoms with E-state index in [1.54, 1.807) is 23.5 Å². The van der Waals surface area contributed by atoms with E-state index in [0.717, 1.165) is 31.7 Å². The molecule has 31 heavy (non-hydrogen) atoms. The van der Waals surface area contributed by atoms with Crippen molar-refractivity contribution in [3.05, 3.63) is 48.2 Å². The van der Waals surface area contributed by atoms with Crippen molar-refractivity contribution in [3.63, 3.8) is 0 Å². The summed E-state index contributed by atoms with van der Waals surface area (Å²) in [6, 6.07) is 11.9. The highest BCUT2D eigenvalue weighted by atomic mass is 32.2. The van der Waals surface area contributed by atoms with Crippen molar-refractivity contribution in [3.8, 4) is 5.75 Å². The Hall–Kier alpha value is -2.16. The number of hydrogen-bond donors (Lipinski definition) is 1. The van der Waals surface area contributed by atoms with Crippen molar-refractivity contribution < 1.29 is 13.2 Å². The Morgan fingerprint density at radius 2 is 1.65 bits per heavy atom. The first kappa shape index (κ1) is 22.0. The number of nitrogens with zero attached hydrogens (tertiary/aromatic N) is 3. The standard InChI is InChI=1S/C23H32N4O3S/c1-30-20-9-7-19(8-10-20)22(26-13-3-2-4-14-26)18-25-23-12-11-21(17-24-23)31(28,29)27-15-5-6-16-27/h7-12,17,22H,2-6,13-16,18H2,1H3,(H,24,25). The van der Waals surface area contributed by atoms with Crippen molar-refractivity contribution in [1.29, 1.82) is 0 Å². The number of nitrogens with one attached hydrogen (secondary N) is 1. The molecule has 2 saturated heterocycles. The Morgan fingerprint density at radius 1 is 0.968 bits per heavy atom. The molecule has 168 valence electrons. The Bertz CT molecular complexity index is 936. The number of sulfonamides is 1. The van der Waals surface area contributed by atoms with E-state index in [-0.39, 0.29) is 10.9 Å². The van der Waals surface area contributed by atoms with Crippen LogP contribution < -0.4 is 10.1 Å². The first-order chi connectivity index (χ1) is 15.1. The summed E-state index contributed by atoms with van der Waals surface area (Å²) < 4.78 is 32.3. The summed E-state index contributed by atoms with van der Waals surface area (Å²) in [5.74, 6) is 1.54. The quantitative estimate of drug-likeness (QED) is 0.672. The largest absolute Gasteiger partial charge is 0.497 e. The van der Waals surface area contributed by atoms with Crippen LogP contribution in [0.4, 0.5) is 5.82 Å². The molecular weight excluding hydrogens is 412 g/mol. The van der Waals surface area contributed by atoms with Crippen LogP contribution in [0.25, 0.3) is 0 Å². The number of piperidine rings is 1. The molecule has 2 aliphatic heterocycles. The fourth-order valence-electron chi connectivity index (χ4n) is 4.43. The smallest absolute Gasteiger partial charge is 0.244 e. The van der Waals surface area contributed by atoms with Gasteiger partial charge in [0.25, 0.3) is 0 Å². The molecule has 0 aliphatic carbocycles. The van der Waals surface area contributed by atoms with E-state index in [2.05, 4.69) is 27.3 Å². The minimum absolute atomic E-state index is 0.223. The van der Waals surface area contributed by atoms with Crippen LogP contribution in [0.2, 0.25) is 0 Å². The molecule has 1 atom stereocenters. The van der Waals surface area contributed by atoms with Crippen molar-refractivity contribution in [2.45, 2.75) is 43.0 Å². The van der Waals surface area contributed by atoms with Gasteiger partial charge in [0.05, 0.1) is 13.2 Å². The lowest BCUT2D eigenvalue weighted by atomic mass is 10.0. The third-order valence-corrected chi connectivity index (χ3v) is 8.13. The van der Waals surface area contributed by atoms with Crippen LogP contribution >= 0.6 is 0 Å². The van der Waals surface area contributed by atoms with Gasteiger partial charge in [-0.15, -0.1) is 0 Å². The molecule has 0 radical (unpaired) electrons. The topological polar surface area (TPSA) is 74.8 Å². The van der Waals surface area contributed by atoms with E-state index < -0.39 is 10.0 Å². The number of likely N-dealkylation sites (tertiary alicyclic amines) is 1. The van der Waals surface area contributed by atoms with E-state index in [0.29, 0.717) is 25.5 Å². The first-order valence-corrected chi connectivity index (χ1v) is 12.6. The summed E-state index contributed by atoms with van der Waals surface area (Å²) in [7, 11) is -1.75. The van der Waals surface area contributed by atoms with Crippen molar-refractivity contribution in [1.82, 2.24) is 14.2 Å². The Kier molecular flexibility index (Phi) is 7.09. The van der Waals surface area contributed by atoms with Gasteiger partial charge in [0.15, 0.2) is 0 Å². The molecule has 2 aromatic rings. The third-order valence-electron chi connectivity index (χ3n) is 6.25. The Labute approximate surface area is 185 Å². The zero-order valence-electron chi connectivity index (χ0n) is 18.2. The monoisotopic (exact) mass is 444 g/mol. The van der Waals surface area contributed by atoms with Crippen LogP contribution in [-0.2, 0) is 10.0 Å². The normalized spacial score (nSPS) is 19.3. The Morgan fingerprint density at radius 3 is 2.26 bits per heavy atom. The van der Waals surface area contributed by atoms with Gasteiger partial charge in [0, 0.05) is 25.8 Å². The fraction of sp³-hybridized carbons (Fsp3) is 0.522. The van der Waals surface area contributed by atoms with Gasteiger partial charge in [-0.2, -0.15) is 4.31 Å². The molecule has 2 aliphatic rings. The summed E-state index contributed by atoms with van der Waals surface area (Å²) in [5.41, 5.74) is 1.24. The zero-order chi connectivity index (χ0) is 21.7. The first-order valence-electron chi connectivity index (χ1n) is 11.2. The minimum Gasteiger partial charge on any atom is -0.497 e. The molecule has 3 heterocycles. The molecule has 1 unspecified atom stereocenters. The van der Waals surface area contributed by atoms with Gasteiger partial charge in [0.1, 0.15) is 16.5 Å². The van der Waals surface area contributed by atoms with Crippen LogP contribution in [0.15, 0.2) is 47.5 Å². The summed E-state index contributed by atoms with van der Waals surface area (Å²) in [6.07, 6.45) is 7.04. The molecular formula is C23H32N4O3S. The van der Waals surface area contributed by atoms with E-state index in [4.69, 9.17) is 4.74 Å². The molecule has 2 fully saturated rings. The molecule has 1 aromatic heterocycles. The van der Waals surface area contributed by atoms with Crippen LogP contribution in [-0.4, -0.2) is 62.4 Å². The molecule has 1 aromatic carbocycles. The van der Waals surface area contributed by atoms with Crippen LogP contribution in [0.5, 0.6) is 5.75 Å². The van der Waals surface area contributed by atoms with Gasteiger partial charge < -0.3 is 10.1 Å². The average molecular weight is 445 g/mol. The lowest BCUT2D eigenvalue weighted by molar-refractivity contribution is 0.170. The molecule has 0 amide bonds. The second kappa shape index (κ2) is 9.97. The zero-order valence-corrected chi connectivity index (χ0v) is 19.0. The van der Waals surface area contributed by atoms with Gasteiger partial charge in [-0.3, -0.25) is 4.90 Å². The lowest BCUT2D eigenvalue weighted by Crippen LogP contribution is -2.37. The second-order valence-electron chi connectivity index (χ2n) is 8.26. The van der Waals surface area contributed by atoms with Crippen molar-refractivity contribution in [2.75, 3.05) is 45.2 Å². The van der Waals surface area contributed by atoms with Gasteiger partial charge in [-0.05, 0) is 68.6 Å². The number of aromatic nitrogens is 1. The van der Waals surface area contributed by atoms with Crippen LogP contribution in [0.3, 0.4) is 0 Å². The summed E-state index contributed by atoms with van der Waals surface area (Å²) in [4.78, 5) is 7.18. The number of methoxy groups -OCH3 is 1. The predicted molar refractivity (Wildman–Crippen MR) is 122 cm³/mol. The highest BCUT2D eigenvalue weighted by Gasteiger charge is 2.27. The van der Waals surface area contributed by atoms with E-state index in [1.807, 2.05) is 12.1 Å². The summed E-state index contributed by atoms with van der Waals surface area (Å²) in [5, 5.41) is 3.42. The second-order valence-corrected chi connectivity index (χ2v) is 10.2. The average Bonchev–Trinajstić information content (AvgIpc) is 3.37. The number of ether oxygens (including phenoxy) is 1. The molecule has 8 heteroatoms. The highest BCUT2D eigenvalue weighted by molar-refractivity contribution is 7.89. The molecule has 7 nitrogen and oxygen atoms in total. The minimum atomic E-state index is -3.43. The number of pyridine rings is 1. The fourth-order valence-corrected chi connectivity index (χ4v) is 5.89. The highest BCUT2D eigenvalue weighted by Crippen LogP contribution is 2.27. The third kappa shape index (κ3) is 5.19. The molecule has 0 saturated carbocycles. The van der Waals surface area contributed by atoms with Gasteiger partial charge in [0.2, 0.25) is 10.0 Å². The number of rotatable bonds is 8. The maximum Gasteiger partial charge on any atom is 0.244 e. The van der Waals surface area contributed by atoms with Gasteiger partial charge in [-0.1, -0.05) is 18.6 Å². The van der Waals surface area contributed by atoms with Crippen LogP contribution in [0.1, 0.15) is 43.7 Å². The Balaban J connectivity index is 1.46. The molecule has 4 rings (SSSR count). The number of anilines is 1. The van der Waals surface area contributed by atoms with Crippen LogP contribution in [0, 0.1) is 0 Å². The van der Waals surface area contributed by atoms with E-state index >= 15 is 0 Å². The summed E-state index contributed by atoms with van der Waals surface area (Å²) >= 11 is 0. The molecule has 1 N–H and O–H groups in total. The van der Waals surface area contributed by atoms with Gasteiger partial charge >= 0.3 is 0 Å². The summed E-state index contributed by atoms with van der Waals surface area (Å²) in [6.45, 7) is 4.07.